The molecule has 0 aromatic heterocycles. The molecule has 1 heterocycles. The summed E-state index contributed by atoms with van der Waals surface area (Å²) in [5.41, 5.74) is 2.14. The maximum atomic E-state index is 13.1. The van der Waals surface area contributed by atoms with E-state index in [4.69, 9.17) is 16.3 Å². The fourth-order valence-corrected chi connectivity index (χ4v) is 3.89. The first kappa shape index (κ1) is 25.7. The van der Waals surface area contributed by atoms with E-state index in [1.165, 1.54) is 29.2 Å². The third-order valence-electron chi connectivity index (χ3n) is 5.58. The van der Waals surface area contributed by atoms with E-state index in [9.17, 15) is 19.2 Å². The Kier molecular flexibility index (Phi) is 7.40. The lowest BCUT2D eigenvalue weighted by Crippen LogP contribution is -2.32. The zero-order valence-electron chi connectivity index (χ0n) is 20.4. The third-order valence-corrected chi connectivity index (χ3v) is 5.93. The Labute approximate surface area is 219 Å². The van der Waals surface area contributed by atoms with Crippen molar-refractivity contribution in [2.75, 3.05) is 22.2 Å². The Morgan fingerprint density at radius 2 is 1.46 bits per heavy atom. The lowest BCUT2D eigenvalue weighted by atomic mass is 10.1. The molecule has 0 spiro atoms. The van der Waals surface area contributed by atoms with Crippen molar-refractivity contribution in [3.63, 3.8) is 0 Å². The van der Waals surface area contributed by atoms with E-state index in [1.54, 1.807) is 45.2 Å². The summed E-state index contributed by atoms with van der Waals surface area (Å²) >= 11 is 6.22. The number of ether oxygens (including phenoxy) is 1. The van der Waals surface area contributed by atoms with Crippen molar-refractivity contribution in [2.45, 2.75) is 20.0 Å². The van der Waals surface area contributed by atoms with Crippen molar-refractivity contribution in [2.24, 2.45) is 0 Å². The van der Waals surface area contributed by atoms with Crippen LogP contribution in [0.1, 0.15) is 34.6 Å². The van der Waals surface area contributed by atoms with Crippen molar-refractivity contribution in [3.8, 4) is 0 Å². The minimum atomic E-state index is -0.692. The lowest BCUT2D eigenvalue weighted by Gasteiger charge is -2.18. The van der Waals surface area contributed by atoms with Crippen LogP contribution in [-0.2, 0) is 14.3 Å². The highest BCUT2D eigenvalue weighted by atomic mass is 35.5. The number of esters is 1. The number of hydrogen-bond acceptors (Lipinski definition) is 6. The van der Waals surface area contributed by atoms with Crippen molar-refractivity contribution in [1.82, 2.24) is 0 Å². The van der Waals surface area contributed by atoms with Crippen LogP contribution in [0.25, 0.3) is 0 Å². The summed E-state index contributed by atoms with van der Waals surface area (Å²) < 4.78 is 5.15. The van der Waals surface area contributed by atoms with Gasteiger partial charge < -0.3 is 15.0 Å². The summed E-state index contributed by atoms with van der Waals surface area (Å²) in [5, 5.41) is 2.62. The number of carbonyl (C=O) groups excluding carboxylic acids is 4. The molecule has 1 N–H and O–H groups in total. The third kappa shape index (κ3) is 5.39. The molecule has 4 rings (SSSR count). The van der Waals surface area contributed by atoms with Crippen LogP contribution in [0.3, 0.4) is 0 Å². The molecule has 0 unspecified atom stereocenters. The summed E-state index contributed by atoms with van der Waals surface area (Å²) in [5.74, 6) is -2.04. The highest BCUT2D eigenvalue weighted by Gasteiger charge is 2.39. The summed E-state index contributed by atoms with van der Waals surface area (Å²) in [7, 11) is 1.69. The Balaban J connectivity index is 1.47. The SMILES string of the molecule is CC(C)OC(=O)c1ccc(N2C(=O)C(Cl)=C(Nc3ccc(C(=O)N(C)c4ccccc4)cc3)C2=O)cc1. The highest BCUT2D eigenvalue weighted by Crippen LogP contribution is 2.30. The molecular weight excluding hydrogens is 494 g/mol. The second-order valence-electron chi connectivity index (χ2n) is 8.54. The van der Waals surface area contributed by atoms with Crippen LogP contribution in [0.15, 0.2) is 89.6 Å². The van der Waals surface area contributed by atoms with Gasteiger partial charge in [0, 0.05) is 24.0 Å². The maximum absolute atomic E-state index is 13.1. The van der Waals surface area contributed by atoms with E-state index >= 15 is 0 Å². The molecule has 37 heavy (non-hydrogen) atoms. The molecule has 3 aromatic carbocycles. The number of nitrogens with one attached hydrogen (secondary N) is 1. The average molecular weight is 518 g/mol. The van der Waals surface area contributed by atoms with Crippen molar-refractivity contribution in [3.05, 3.63) is 101 Å². The van der Waals surface area contributed by atoms with Gasteiger partial charge in [0.05, 0.1) is 17.4 Å². The van der Waals surface area contributed by atoms with Crippen LogP contribution in [-0.4, -0.2) is 36.8 Å². The van der Waals surface area contributed by atoms with Gasteiger partial charge in [0.2, 0.25) is 0 Å². The van der Waals surface area contributed by atoms with E-state index in [-0.39, 0.29) is 28.4 Å². The van der Waals surface area contributed by atoms with E-state index in [0.717, 1.165) is 10.6 Å². The first-order valence-corrected chi connectivity index (χ1v) is 11.8. The number of nitrogens with zero attached hydrogens (tertiary/aromatic N) is 2. The Hall–Kier alpha value is -4.43. The number of rotatable bonds is 7. The second-order valence-corrected chi connectivity index (χ2v) is 8.92. The van der Waals surface area contributed by atoms with Gasteiger partial charge in [-0.25, -0.2) is 9.69 Å². The summed E-state index contributed by atoms with van der Waals surface area (Å²) in [6, 6.07) is 21.6. The maximum Gasteiger partial charge on any atom is 0.338 e. The van der Waals surface area contributed by atoms with Crippen molar-refractivity contribution in [1.29, 1.82) is 0 Å². The van der Waals surface area contributed by atoms with Gasteiger partial charge in [0.25, 0.3) is 17.7 Å². The number of benzene rings is 3. The smallest absolute Gasteiger partial charge is 0.338 e. The molecule has 188 valence electrons. The van der Waals surface area contributed by atoms with Crippen LogP contribution >= 0.6 is 11.6 Å². The molecule has 9 heteroatoms. The molecule has 3 aromatic rings. The zero-order valence-corrected chi connectivity index (χ0v) is 21.2. The quantitative estimate of drug-likeness (QED) is 0.351. The number of anilines is 3. The molecular formula is C28H24ClN3O5. The molecule has 1 aliphatic heterocycles. The summed E-state index contributed by atoms with van der Waals surface area (Å²) in [6.45, 7) is 3.48. The van der Waals surface area contributed by atoms with Gasteiger partial charge in [0.15, 0.2) is 0 Å². The van der Waals surface area contributed by atoms with Crippen molar-refractivity contribution < 1.29 is 23.9 Å². The van der Waals surface area contributed by atoms with E-state index < -0.39 is 17.8 Å². The largest absolute Gasteiger partial charge is 0.459 e. The van der Waals surface area contributed by atoms with Gasteiger partial charge in [-0.1, -0.05) is 29.8 Å². The molecule has 0 radical (unpaired) electrons. The molecule has 0 bridgehead atoms. The van der Waals surface area contributed by atoms with Crippen molar-refractivity contribution >= 4 is 52.4 Å². The van der Waals surface area contributed by atoms with Gasteiger partial charge >= 0.3 is 5.97 Å². The second kappa shape index (κ2) is 10.7. The standard InChI is InChI=1S/C28H24ClN3O5/c1-17(2)37-28(36)19-11-15-22(16-12-19)32-26(34)23(29)24(27(32)35)30-20-13-9-18(10-14-20)25(33)31(3)21-7-5-4-6-8-21/h4-17,30H,1-3H3. The first-order valence-electron chi connectivity index (χ1n) is 11.5. The van der Waals surface area contributed by atoms with Gasteiger partial charge in [-0.05, 0) is 74.5 Å². The Morgan fingerprint density at radius 1 is 0.865 bits per heavy atom. The van der Waals surface area contributed by atoms with E-state index in [2.05, 4.69) is 5.32 Å². The Morgan fingerprint density at radius 3 is 2.05 bits per heavy atom. The first-order chi connectivity index (χ1) is 17.7. The number of amides is 3. The predicted molar refractivity (Wildman–Crippen MR) is 142 cm³/mol. The van der Waals surface area contributed by atoms with Crippen LogP contribution in [0.2, 0.25) is 0 Å². The minimum absolute atomic E-state index is 0.0876. The molecule has 0 saturated carbocycles. The Bertz CT molecular complexity index is 1380. The number of para-hydroxylation sites is 1. The lowest BCUT2D eigenvalue weighted by molar-refractivity contribution is -0.120. The zero-order chi connectivity index (χ0) is 26.7. The van der Waals surface area contributed by atoms with Gasteiger partial charge in [-0.3, -0.25) is 14.4 Å². The molecule has 0 aliphatic carbocycles. The normalized spacial score (nSPS) is 13.3. The topological polar surface area (TPSA) is 96.0 Å². The number of halogens is 1. The van der Waals surface area contributed by atoms with Gasteiger partial charge in [0.1, 0.15) is 10.7 Å². The summed E-state index contributed by atoms with van der Waals surface area (Å²) in [4.78, 5) is 53.2. The monoisotopic (exact) mass is 517 g/mol. The van der Waals surface area contributed by atoms with Gasteiger partial charge in [-0.2, -0.15) is 0 Å². The van der Waals surface area contributed by atoms with E-state index in [0.29, 0.717) is 16.8 Å². The number of hydrogen-bond donors (Lipinski definition) is 1. The molecule has 8 nitrogen and oxygen atoms in total. The molecule has 0 atom stereocenters. The molecule has 0 fully saturated rings. The predicted octanol–water partition coefficient (Wildman–Crippen LogP) is 4.96. The number of imide groups is 1. The fourth-order valence-electron chi connectivity index (χ4n) is 3.68. The van der Waals surface area contributed by atoms with E-state index in [1.807, 2.05) is 30.3 Å². The fraction of sp³-hybridized carbons (Fsp3) is 0.143. The van der Waals surface area contributed by atoms with Crippen LogP contribution < -0.4 is 15.1 Å². The molecule has 3 amide bonds. The molecule has 0 saturated heterocycles. The average Bonchev–Trinajstić information content (AvgIpc) is 3.11. The van der Waals surface area contributed by atoms with Crippen LogP contribution in [0.5, 0.6) is 0 Å². The number of carbonyl (C=O) groups is 4. The highest BCUT2D eigenvalue weighted by molar-refractivity contribution is 6.53. The summed E-state index contributed by atoms with van der Waals surface area (Å²) in [6.07, 6.45) is -0.275. The van der Waals surface area contributed by atoms with Crippen LogP contribution in [0, 0.1) is 0 Å². The molecule has 1 aliphatic rings. The minimum Gasteiger partial charge on any atom is -0.459 e. The van der Waals surface area contributed by atoms with Gasteiger partial charge in [-0.15, -0.1) is 0 Å². The van der Waals surface area contributed by atoms with Crippen LogP contribution in [0.4, 0.5) is 17.1 Å².